The standard InChI is InChI=1S/C20H22N2O3S/c1-15-13-17-14-16(20(23)21-11-5-6-12-21)9-10-19(17)22(15)26(24,25)18-7-3-2-4-8-18/h2-4,7-10,14-15H,5-6,11-13H2,1H3/t15-/m0/s1. The maximum Gasteiger partial charge on any atom is 0.264 e. The molecule has 2 aliphatic rings. The van der Waals surface area contributed by atoms with Gasteiger partial charge < -0.3 is 4.90 Å². The summed E-state index contributed by atoms with van der Waals surface area (Å²) in [4.78, 5) is 14.8. The summed E-state index contributed by atoms with van der Waals surface area (Å²) in [5.74, 6) is 0.0438. The van der Waals surface area contributed by atoms with Gasteiger partial charge in [0.05, 0.1) is 10.6 Å². The fraction of sp³-hybridized carbons (Fsp3) is 0.350. The second-order valence-corrected chi connectivity index (χ2v) is 8.82. The molecule has 136 valence electrons. The number of carbonyl (C=O) groups excluding carboxylic acids is 1. The van der Waals surface area contributed by atoms with E-state index >= 15 is 0 Å². The van der Waals surface area contributed by atoms with Crippen molar-refractivity contribution in [2.75, 3.05) is 17.4 Å². The van der Waals surface area contributed by atoms with Gasteiger partial charge in [-0.3, -0.25) is 9.10 Å². The smallest absolute Gasteiger partial charge is 0.264 e. The highest BCUT2D eigenvalue weighted by molar-refractivity contribution is 7.92. The van der Waals surface area contributed by atoms with Crippen molar-refractivity contribution in [1.29, 1.82) is 0 Å². The number of hydrogen-bond donors (Lipinski definition) is 0. The van der Waals surface area contributed by atoms with Gasteiger partial charge in [0.1, 0.15) is 0 Å². The molecule has 6 heteroatoms. The third kappa shape index (κ3) is 2.78. The predicted molar refractivity (Wildman–Crippen MR) is 101 cm³/mol. The number of amides is 1. The number of likely N-dealkylation sites (tertiary alicyclic amines) is 1. The highest BCUT2D eigenvalue weighted by Gasteiger charge is 2.36. The molecule has 0 N–H and O–H groups in total. The molecule has 1 fully saturated rings. The molecule has 2 aliphatic heterocycles. The lowest BCUT2D eigenvalue weighted by Crippen LogP contribution is -2.35. The topological polar surface area (TPSA) is 57.7 Å². The highest BCUT2D eigenvalue weighted by Crippen LogP contribution is 2.37. The number of rotatable bonds is 3. The Labute approximate surface area is 154 Å². The zero-order valence-electron chi connectivity index (χ0n) is 14.8. The molecule has 5 nitrogen and oxygen atoms in total. The average molecular weight is 370 g/mol. The van der Waals surface area contributed by atoms with Crippen LogP contribution in [0.15, 0.2) is 53.4 Å². The Morgan fingerprint density at radius 1 is 1.04 bits per heavy atom. The van der Waals surface area contributed by atoms with E-state index in [1.165, 1.54) is 4.31 Å². The maximum absolute atomic E-state index is 13.1. The van der Waals surface area contributed by atoms with Crippen molar-refractivity contribution in [3.63, 3.8) is 0 Å². The first-order valence-electron chi connectivity index (χ1n) is 9.00. The van der Waals surface area contributed by atoms with Gasteiger partial charge >= 0.3 is 0 Å². The van der Waals surface area contributed by atoms with Gasteiger partial charge in [-0.05, 0) is 62.1 Å². The van der Waals surface area contributed by atoms with Crippen molar-refractivity contribution >= 4 is 21.6 Å². The second kappa shape index (κ2) is 6.43. The third-order valence-electron chi connectivity index (χ3n) is 5.17. The molecule has 2 aromatic carbocycles. The molecular weight excluding hydrogens is 348 g/mol. The van der Waals surface area contributed by atoms with Crippen molar-refractivity contribution in [2.45, 2.75) is 37.1 Å². The maximum atomic E-state index is 13.1. The molecule has 0 radical (unpaired) electrons. The Morgan fingerprint density at radius 3 is 2.42 bits per heavy atom. The average Bonchev–Trinajstić information content (AvgIpc) is 3.28. The molecule has 1 saturated heterocycles. The van der Waals surface area contributed by atoms with Crippen LogP contribution in [0.3, 0.4) is 0 Å². The van der Waals surface area contributed by atoms with E-state index in [4.69, 9.17) is 0 Å². The summed E-state index contributed by atoms with van der Waals surface area (Å²) in [7, 11) is -3.61. The molecule has 4 rings (SSSR count). The van der Waals surface area contributed by atoms with Gasteiger partial charge in [-0.15, -0.1) is 0 Å². The monoisotopic (exact) mass is 370 g/mol. The zero-order chi connectivity index (χ0) is 18.3. The van der Waals surface area contributed by atoms with Gasteiger partial charge in [0.2, 0.25) is 0 Å². The van der Waals surface area contributed by atoms with Crippen molar-refractivity contribution in [3.8, 4) is 0 Å². The van der Waals surface area contributed by atoms with Crippen LogP contribution in [0.1, 0.15) is 35.7 Å². The fourth-order valence-corrected chi connectivity index (χ4v) is 5.62. The first-order chi connectivity index (χ1) is 12.5. The van der Waals surface area contributed by atoms with E-state index in [1.807, 2.05) is 17.9 Å². The van der Waals surface area contributed by atoms with E-state index in [9.17, 15) is 13.2 Å². The Balaban J connectivity index is 1.69. The van der Waals surface area contributed by atoms with E-state index in [2.05, 4.69) is 0 Å². The van der Waals surface area contributed by atoms with Crippen LogP contribution < -0.4 is 4.31 Å². The van der Waals surface area contributed by atoms with Crippen LogP contribution in [0.2, 0.25) is 0 Å². The molecule has 0 unspecified atom stereocenters. The minimum Gasteiger partial charge on any atom is -0.339 e. The Bertz CT molecular complexity index is 935. The SMILES string of the molecule is C[C@H]1Cc2cc(C(=O)N3CCCC3)ccc2N1S(=O)(=O)c1ccccc1. The summed E-state index contributed by atoms with van der Waals surface area (Å²) in [5, 5.41) is 0. The molecule has 2 heterocycles. The molecule has 0 bridgehead atoms. The van der Waals surface area contributed by atoms with E-state index in [0.29, 0.717) is 17.7 Å². The number of carbonyl (C=O) groups is 1. The number of sulfonamides is 1. The van der Waals surface area contributed by atoms with Crippen LogP contribution in [-0.2, 0) is 16.4 Å². The lowest BCUT2D eigenvalue weighted by Gasteiger charge is -2.24. The number of fused-ring (bicyclic) bond motifs is 1. The van der Waals surface area contributed by atoms with Crippen molar-refractivity contribution in [3.05, 3.63) is 59.7 Å². The summed E-state index contributed by atoms with van der Waals surface area (Å²) >= 11 is 0. The van der Waals surface area contributed by atoms with Crippen LogP contribution in [0.25, 0.3) is 0 Å². The van der Waals surface area contributed by atoms with Crippen LogP contribution in [0.5, 0.6) is 0 Å². The van der Waals surface area contributed by atoms with E-state index < -0.39 is 10.0 Å². The Morgan fingerprint density at radius 2 is 1.73 bits per heavy atom. The molecule has 2 aromatic rings. The Kier molecular flexibility index (Phi) is 4.23. The first-order valence-corrected chi connectivity index (χ1v) is 10.4. The minimum absolute atomic E-state index is 0.0438. The summed E-state index contributed by atoms with van der Waals surface area (Å²) in [5.41, 5.74) is 2.25. The quantitative estimate of drug-likeness (QED) is 0.834. The molecule has 0 aliphatic carbocycles. The van der Waals surface area contributed by atoms with Gasteiger partial charge in [-0.25, -0.2) is 8.42 Å². The molecule has 26 heavy (non-hydrogen) atoms. The number of hydrogen-bond acceptors (Lipinski definition) is 3. The minimum atomic E-state index is -3.61. The fourth-order valence-electron chi connectivity index (χ4n) is 3.91. The molecule has 1 atom stereocenters. The van der Waals surface area contributed by atoms with Gasteiger partial charge in [-0.1, -0.05) is 18.2 Å². The summed E-state index contributed by atoms with van der Waals surface area (Å²) in [6.45, 7) is 3.52. The third-order valence-corrected chi connectivity index (χ3v) is 7.12. The molecule has 0 saturated carbocycles. The van der Waals surface area contributed by atoms with Crippen LogP contribution >= 0.6 is 0 Å². The van der Waals surface area contributed by atoms with Crippen molar-refractivity contribution in [1.82, 2.24) is 4.90 Å². The zero-order valence-corrected chi connectivity index (χ0v) is 15.6. The lowest BCUT2D eigenvalue weighted by atomic mass is 10.1. The van der Waals surface area contributed by atoms with Crippen LogP contribution in [0, 0.1) is 0 Å². The summed E-state index contributed by atoms with van der Waals surface area (Å²) < 4.78 is 27.7. The molecule has 0 spiro atoms. The van der Waals surface area contributed by atoms with Crippen LogP contribution in [0.4, 0.5) is 5.69 Å². The highest BCUT2D eigenvalue weighted by atomic mass is 32.2. The number of benzene rings is 2. The summed E-state index contributed by atoms with van der Waals surface area (Å²) in [6, 6.07) is 13.7. The predicted octanol–water partition coefficient (Wildman–Crippen LogP) is 3.06. The Hall–Kier alpha value is -2.34. The molecule has 0 aromatic heterocycles. The molecular formula is C20H22N2O3S. The largest absolute Gasteiger partial charge is 0.339 e. The number of anilines is 1. The molecule has 1 amide bonds. The first kappa shape index (κ1) is 17.1. The number of nitrogens with zero attached hydrogens (tertiary/aromatic N) is 2. The van der Waals surface area contributed by atoms with E-state index in [-0.39, 0.29) is 16.8 Å². The van der Waals surface area contributed by atoms with E-state index in [0.717, 1.165) is 31.5 Å². The normalized spacial score (nSPS) is 19.7. The summed E-state index contributed by atoms with van der Waals surface area (Å²) in [6.07, 6.45) is 2.72. The van der Waals surface area contributed by atoms with Crippen molar-refractivity contribution < 1.29 is 13.2 Å². The van der Waals surface area contributed by atoms with Gasteiger partial charge in [0, 0.05) is 24.7 Å². The van der Waals surface area contributed by atoms with Gasteiger partial charge in [0.25, 0.3) is 15.9 Å². The van der Waals surface area contributed by atoms with E-state index in [1.54, 1.807) is 42.5 Å². The van der Waals surface area contributed by atoms with Gasteiger partial charge in [0.15, 0.2) is 0 Å². The lowest BCUT2D eigenvalue weighted by molar-refractivity contribution is 0.0792. The van der Waals surface area contributed by atoms with Crippen molar-refractivity contribution in [2.24, 2.45) is 0 Å². The van der Waals surface area contributed by atoms with Crippen LogP contribution in [-0.4, -0.2) is 38.4 Å². The van der Waals surface area contributed by atoms with Gasteiger partial charge in [-0.2, -0.15) is 0 Å². The second-order valence-electron chi connectivity index (χ2n) is 7.01.